The van der Waals surface area contributed by atoms with Gasteiger partial charge in [-0.3, -0.25) is 0 Å². The third-order valence-electron chi connectivity index (χ3n) is 3.26. The molecule has 0 N–H and O–H groups in total. The lowest BCUT2D eigenvalue weighted by molar-refractivity contribution is 0.349. The van der Waals surface area contributed by atoms with Crippen molar-refractivity contribution >= 4 is 33.2 Å². The van der Waals surface area contributed by atoms with E-state index in [-0.39, 0.29) is 21.8 Å². The van der Waals surface area contributed by atoms with Gasteiger partial charge in [-0.05, 0) is 30.5 Å². The Morgan fingerprint density at radius 1 is 1.26 bits per heavy atom. The monoisotopic (exact) mass is 323 g/mol. The van der Waals surface area contributed by atoms with E-state index in [1.54, 1.807) is 25.2 Å². The lowest BCUT2D eigenvalue weighted by Gasteiger charge is -2.26. The van der Waals surface area contributed by atoms with Gasteiger partial charge >= 0.3 is 0 Å². The van der Waals surface area contributed by atoms with E-state index in [0.29, 0.717) is 0 Å². The molecular weight excluding hydrogens is 305 g/mol. The predicted molar refractivity (Wildman–Crippen MR) is 80.3 cm³/mol. The summed E-state index contributed by atoms with van der Waals surface area (Å²) in [7, 11) is -1.99. The third kappa shape index (κ3) is 3.63. The average Bonchev–Trinajstić information content (AvgIpc) is 2.40. The summed E-state index contributed by atoms with van der Waals surface area (Å²) in [6.07, 6.45) is 1.53. The van der Waals surface area contributed by atoms with Crippen molar-refractivity contribution in [3.8, 4) is 0 Å². The fraction of sp³-hybridized carbons (Fsp3) is 0.538. The molecule has 0 aliphatic heterocycles. The average molecular weight is 324 g/mol. The molecule has 1 aromatic carbocycles. The number of sulfonamides is 1. The second kappa shape index (κ2) is 6.93. The van der Waals surface area contributed by atoms with Crippen LogP contribution in [-0.4, -0.2) is 25.8 Å². The number of hydrogen-bond acceptors (Lipinski definition) is 2. The van der Waals surface area contributed by atoms with Crippen molar-refractivity contribution in [2.45, 2.75) is 43.5 Å². The van der Waals surface area contributed by atoms with E-state index in [1.807, 2.05) is 13.8 Å². The highest BCUT2D eigenvalue weighted by Gasteiger charge is 2.28. The highest BCUT2D eigenvalue weighted by Crippen LogP contribution is 2.27. The van der Waals surface area contributed by atoms with E-state index in [2.05, 4.69) is 0 Å². The van der Waals surface area contributed by atoms with Gasteiger partial charge in [0.05, 0.1) is 5.02 Å². The van der Waals surface area contributed by atoms with E-state index in [0.717, 1.165) is 18.4 Å². The zero-order valence-electron chi connectivity index (χ0n) is 11.4. The molecule has 1 aromatic rings. The van der Waals surface area contributed by atoms with Crippen LogP contribution in [0.5, 0.6) is 0 Å². The topological polar surface area (TPSA) is 37.4 Å². The number of alkyl halides is 1. The number of halogens is 2. The van der Waals surface area contributed by atoms with Crippen LogP contribution in [0.25, 0.3) is 0 Å². The minimum atomic E-state index is -3.58. The molecule has 19 heavy (non-hydrogen) atoms. The van der Waals surface area contributed by atoms with Gasteiger partial charge in [-0.1, -0.05) is 31.5 Å². The molecule has 0 saturated carbocycles. The maximum absolute atomic E-state index is 12.6. The van der Waals surface area contributed by atoms with Crippen LogP contribution in [0.4, 0.5) is 0 Å². The summed E-state index contributed by atoms with van der Waals surface area (Å²) in [6.45, 7) is 3.94. The van der Waals surface area contributed by atoms with Gasteiger partial charge in [0.25, 0.3) is 0 Å². The van der Waals surface area contributed by atoms with Crippen LogP contribution in [0, 0.1) is 0 Å². The van der Waals surface area contributed by atoms with Crippen LogP contribution in [0.15, 0.2) is 23.1 Å². The Morgan fingerprint density at radius 3 is 2.32 bits per heavy atom. The van der Waals surface area contributed by atoms with Gasteiger partial charge in [0.2, 0.25) is 10.0 Å². The predicted octanol–water partition coefficient (Wildman–Crippen LogP) is 3.89. The van der Waals surface area contributed by atoms with Gasteiger partial charge in [-0.2, -0.15) is 4.31 Å². The third-order valence-corrected chi connectivity index (χ3v) is 5.96. The molecule has 0 unspecified atom stereocenters. The Bertz CT molecular complexity index is 527. The van der Waals surface area contributed by atoms with E-state index in [1.165, 1.54) is 4.31 Å². The van der Waals surface area contributed by atoms with Gasteiger partial charge < -0.3 is 0 Å². The Kier molecular flexibility index (Phi) is 6.12. The SMILES string of the molecule is CCC(CC)N(C)S(=O)(=O)c1cc(CCl)ccc1Cl. The van der Waals surface area contributed by atoms with Crippen LogP contribution in [0.2, 0.25) is 5.02 Å². The highest BCUT2D eigenvalue weighted by atomic mass is 35.5. The Morgan fingerprint density at radius 2 is 1.84 bits per heavy atom. The molecule has 0 heterocycles. The number of nitrogens with zero attached hydrogens (tertiary/aromatic N) is 1. The van der Waals surface area contributed by atoms with Crippen molar-refractivity contribution in [2.24, 2.45) is 0 Å². The molecule has 0 radical (unpaired) electrons. The van der Waals surface area contributed by atoms with Crippen LogP contribution in [0.1, 0.15) is 32.3 Å². The van der Waals surface area contributed by atoms with Crippen LogP contribution in [0.3, 0.4) is 0 Å². The molecule has 6 heteroatoms. The van der Waals surface area contributed by atoms with Crippen molar-refractivity contribution < 1.29 is 8.42 Å². The molecule has 0 saturated heterocycles. The van der Waals surface area contributed by atoms with Crippen LogP contribution < -0.4 is 0 Å². The summed E-state index contributed by atoms with van der Waals surface area (Å²) in [4.78, 5) is 0.127. The fourth-order valence-corrected chi connectivity index (χ4v) is 4.17. The van der Waals surface area contributed by atoms with E-state index in [4.69, 9.17) is 23.2 Å². The quantitative estimate of drug-likeness (QED) is 0.745. The van der Waals surface area contributed by atoms with Gasteiger partial charge in [0, 0.05) is 19.0 Å². The maximum atomic E-state index is 12.6. The lowest BCUT2D eigenvalue weighted by atomic mass is 10.2. The summed E-state index contributed by atoms with van der Waals surface area (Å²) in [5.74, 6) is 0.258. The molecule has 0 aliphatic rings. The summed E-state index contributed by atoms with van der Waals surface area (Å²) in [5, 5.41) is 0.228. The molecule has 0 amide bonds. The summed E-state index contributed by atoms with van der Waals surface area (Å²) in [5.41, 5.74) is 0.739. The van der Waals surface area contributed by atoms with Crippen LogP contribution >= 0.6 is 23.2 Å². The highest BCUT2D eigenvalue weighted by molar-refractivity contribution is 7.89. The maximum Gasteiger partial charge on any atom is 0.244 e. The standard InChI is InChI=1S/C13H19Cl2NO2S/c1-4-11(5-2)16(3)19(17,18)13-8-10(9-14)6-7-12(13)15/h6-8,11H,4-5,9H2,1-3H3. The molecule has 0 spiro atoms. The van der Waals surface area contributed by atoms with E-state index in [9.17, 15) is 8.42 Å². The smallest absolute Gasteiger partial charge is 0.207 e. The normalized spacial score (nSPS) is 12.4. The molecule has 0 aliphatic carbocycles. The Balaban J connectivity index is 3.26. The number of hydrogen-bond donors (Lipinski definition) is 0. The first kappa shape index (κ1) is 16.8. The summed E-state index contributed by atoms with van der Waals surface area (Å²) in [6, 6.07) is 4.82. The molecular formula is C13H19Cl2NO2S. The van der Waals surface area contributed by atoms with Crippen molar-refractivity contribution in [1.82, 2.24) is 4.31 Å². The van der Waals surface area contributed by atoms with E-state index >= 15 is 0 Å². The van der Waals surface area contributed by atoms with E-state index < -0.39 is 10.0 Å². The molecule has 108 valence electrons. The van der Waals surface area contributed by atoms with Crippen molar-refractivity contribution in [2.75, 3.05) is 7.05 Å². The van der Waals surface area contributed by atoms with Gasteiger partial charge in [0.15, 0.2) is 0 Å². The van der Waals surface area contributed by atoms with Gasteiger partial charge in [0.1, 0.15) is 4.90 Å². The number of benzene rings is 1. The first-order valence-electron chi connectivity index (χ1n) is 6.20. The second-order valence-corrected chi connectivity index (χ2v) is 7.03. The largest absolute Gasteiger partial charge is 0.244 e. The molecule has 0 aromatic heterocycles. The van der Waals surface area contributed by atoms with Gasteiger partial charge in [-0.25, -0.2) is 8.42 Å². The summed E-state index contributed by atoms with van der Waals surface area (Å²) >= 11 is 11.8. The van der Waals surface area contributed by atoms with Crippen molar-refractivity contribution in [1.29, 1.82) is 0 Å². The minimum Gasteiger partial charge on any atom is -0.207 e. The summed E-state index contributed by atoms with van der Waals surface area (Å²) < 4.78 is 26.6. The molecule has 0 bridgehead atoms. The van der Waals surface area contributed by atoms with Crippen LogP contribution in [-0.2, 0) is 15.9 Å². The minimum absolute atomic E-state index is 0.0271. The lowest BCUT2D eigenvalue weighted by Crippen LogP contribution is -2.36. The van der Waals surface area contributed by atoms with Gasteiger partial charge in [-0.15, -0.1) is 11.6 Å². The molecule has 0 atom stereocenters. The van der Waals surface area contributed by atoms with Crippen molar-refractivity contribution in [3.05, 3.63) is 28.8 Å². The Labute approximate surface area is 125 Å². The van der Waals surface area contributed by atoms with Crippen molar-refractivity contribution in [3.63, 3.8) is 0 Å². The molecule has 3 nitrogen and oxygen atoms in total. The molecule has 0 fully saturated rings. The zero-order valence-corrected chi connectivity index (χ0v) is 13.7. The molecule has 1 rings (SSSR count). The first-order valence-corrected chi connectivity index (χ1v) is 8.56. The zero-order chi connectivity index (χ0) is 14.6. The number of rotatable bonds is 6. The fourth-order valence-electron chi connectivity index (χ4n) is 1.98. The second-order valence-electron chi connectivity index (χ2n) is 4.39. The first-order chi connectivity index (χ1) is 8.88. The Hall–Kier alpha value is -0.290.